The van der Waals surface area contributed by atoms with Crippen molar-refractivity contribution in [3.63, 3.8) is 0 Å². The van der Waals surface area contributed by atoms with Crippen LogP contribution in [0.1, 0.15) is 11.1 Å². The minimum Gasteiger partial charge on any atom is -0.472 e. The van der Waals surface area contributed by atoms with Crippen molar-refractivity contribution in [2.75, 3.05) is 0 Å². The van der Waals surface area contributed by atoms with Gasteiger partial charge in [-0.1, -0.05) is 79.2 Å². The summed E-state index contributed by atoms with van der Waals surface area (Å²) in [5, 5.41) is 25.8. The molecular formula is C33H22O4Ti. The number of hydrogen-bond acceptors (Lipinski definition) is 2. The number of fused-ring (bicyclic) bond motifs is 6. The predicted octanol–water partition coefficient (Wildman–Crippen LogP) is 6.73. The SMILES string of the molecule is C#CC(=O)O.C#CC(=O)O.[Ti+2].c1ccc2c(c1)[cH-]c1c(Cc3cccc4c3[cH-]c3ccccc34)cccc12. The van der Waals surface area contributed by atoms with Crippen LogP contribution in [0.5, 0.6) is 0 Å². The third kappa shape index (κ3) is 6.02. The topological polar surface area (TPSA) is 74.6 Å². The third-order valence-corrected chi connectivity index (χ3v) is 6.12. The molecule has 0 spiro atoms. The minimum atomic E-state index is -1.22. The van der Waals surface area contributed by atoms with Gasteiger partial charge in [-0.2, -0.15) is 0 Å². The zero-order valence-electron chi connectivity index (χ0n) is 20.3. The molecule has 6 rings (SSSR count). The monoisotopic (exact) mass is 530 g/mol. The second kappa shape index (κ2) is 12.6. The Hall–Kier alpha value is -4.61. The molecule has 4 nitrogen and oxygen atoms in total. The zero-order chi connectivity index (χ0) is 26.4. The largest absolute Gasteiger partial charge is 2.00 e. The van der Waals surface area contributed by atoms with Gasteiger partial charge in [0.15, 0.2) is 0 Å². The molecule has 5 heteroatoms. The van der Waals surface area contributed by atoms with Gasteiger partial charge in [0.05, 0.1) is 0 Å². The molecule has 0 unspecified atom stereocenters. The molecule has 0 amide bonds. The van der Waals surface area contributed by atoms with Gasteiger partial charge in [-0.25, -0.2) is 9.59 Å². The Kier molecular flexibility index (Phi) is 9.25. The van der Waals surface area contributed by atoms with E-state index >= 15 is 0 Å². The number of rotatable bonds is 2. The van der Waals surface area contributed by atoms with Crippen LogP contribution in [-0.4, -0.2) is 22.2 Å². The van der Waals surface area contributed by atoms with E-state index in [0.29, 0.717) is 0 Å². The van der Waals surface area contributed by atoms with Crippen molar-refractivity contribution >= 4 is 55.0 Å². The van der Waals surface area contributed by atoms with Crippen molar-refractivity contribution in [3.8, 4) is 24.7 Å². The number of benzene rings is 4. The van der Waals surface area contributed by atoms with E-state index in [2.05, 4.69) is 110 Å². The summed E-state index contributed by atoms with van der Waals surface area (Å²) in [7, 11) is 0. The van der Waals surface area contributed by atoms with Crippen molar-refractivity contribution in [2.24, 2.45) is 0 Å². The van der Waals surface area contributed by atoms with Gasteiger partial charge in [-0.3, -0.25) is 0 Å². The van der Waals surface area contributed by atoms with Crippen LogP contribution < -0.4 is 0 Å². The van der Waals surface area contributed by atoms with Crippen LogP contribution in [0.15, 0.2) is 97.1 Å². The second-order valence-corrected chi connectivity index (χ2v) is 8.30. The Morgan fingerprint density at radius 3 is 1.32 bits per heavy atom. The molecule has 0 saturated carbocycles. The molecule has 0 saturated heterocycles. The molecule has 0 aromatic heterocycles. The van der Waals surface area contributed by atoms with Crippen LogP contribution in [0.25, 0.3) is 43.1 Å². The number of carboxylic acid groups (broad SMARTS) is 2. The van der Waals surface area contributed by atoms with Crippen LogP contribution in [0.2, 0.25) is 0 Å². The van der Waals surface area contributed by atoms with E-state index in [-0.39, 0.29) is 21.7 Å². The fraction of sp³-hybridized carbons (Fsp3) is 0.0303. The Balaban J connectivity index is 0.000000315. The summed E-state index contributed by atoms with van der Waals surface area (Å²) in [6.07, 6.45) is 9.60. The maximum absolute atomic E-state index is 9.13. The molecule has 6 aromatic rings. The first kappa shape index (κ1) is 28.0. The van der Waals surface area contributed by atoms with E-state index in [1.165, 1.54) is 66.1 Å². The van der Waals surface area contributed by atoms with Crippen molar-refractivity contribution < 1.29 is 41.5 Å². The van der Waals surface area contributed by atoms with Gasteiger partial charge in [0.2, 0.25) is 0 Å². The molecule has 0 fully saturated rings. The van der Waals surface area contributed by atoms with E-state index in [1.807, 2.05) is 0 Å². The summed E-state index contributed by atoms with van der Waals surface area (Å²) < 4.78 is 0. The first-order valence-electron chi connectivity index (χ1n) is 11.4. The van der Waals surface area contributed by atoms with Crippen molar-refractivity contribution in [3.05, 3.63) is 108 Å². The summed E-state index contributed by atoms with van der Waals surface area (Å²) in [5.74, 6) is 0.454. The molecule has 38 heavy (non-hydrogen) atoms. The van der Waals surface area contributed by atoms with Gasteiger partial charge >= 0.3 is 33.7 Å². The summed E-state index contributed by atoms with van der Waals surface area (Å²) in [6, 6.07) is 35.5. The second-order valence-electron chi connectivity index (χ2n) is 8.30. The number of terminal acetylenes is 2. The van der Waals surface area contributed by atoms with E-state index in [4.69, 9.17) is 19.8 Å². The summed E-state index contributed by atoms with van der Waals surface area (Å²) in [4.78, 5) is 18.3. The number of hydrogen-bond donors (Lipinski definition) is 2. The maximum Gasteiger partial charge on any atom is 2.00 e. The molecule has 2 N–H and O–H groups in total. The molecule has 0 radical (unpaired) electrons. The number of aliphatic carboxylic acids is 2. The van der Waals surface area contributed by atoms with E-state index < -0.39 is 11.9 Å². The van der Waals surface area contributed by atoms with Gasteiger partial charge < -0.3 is 10.2 Å². The van der Waals surface area contributed by atoms with Crippen LogP contribution in [0.3, 0.4) is 0 Å². The quantitative estimate of drug-likeness (QED) is 0.148. The molecule has 0 aliphatic carbocycles. The fourth-order valence-electron chi connectivity index (χ4n) is 4.60. The summed E-state index contributed by atoms with van der Waals surface area (Å²) >= 11 is 0. The normalized spacial score (nSPS) is 9.84. The number of carbonyl (C=O) groups is 2. The van der Waals surface area contributed by atoms with E-state index in [1.54, 1.807) is 0 Å². The summed E-state index contributed by atoms with van der Waals surface area (Å²) in [5.41, 5.74) is 2.81. The van der Waals surface area contributed by atoms with Gasteiger partial charge in [0.1, 0.15) is 0 Å². The maximum atomic E-state index is 9.13. The average Bonchev–Trinajstić information content (AvgIpc) is 3.49. The Bertz CT molecular complexity index is 1700. The molecule has 182 valence electrons. The van der Waals surface area contributed by atoms with Crippen LogP contribution in [-0.2, 0) is 37.7 Å². The Morgan fingerprint density at radius 1 is 0.605 bits per heavy atom. The van der Waals surface area contributed by atoms with Crippen LogP contribution in [0.4, 0.5) is 0 Å². The first-order chi connectivity index (χ1) is 17.9. The van der Waals surface area contributed by atoms with Gasteiger partial charge in [0.25, 0.3) is 0 Å². The fourth-order valence-corrected chi connectivity index (χ4v) is 4.60. The Morgan fingerprint density at radius 2 is 0.947 bits per heavy atom. The molecular weight excluding hydrogens is 508 g/mol. The third-order valence-electron chi connectivity index (χ3n) is 6.12. The first-order valence-corrected chi connectivity index (χ1v) is 11.4. The number of carboxylic acids is 2. The molecule has 0 aliphatic heterocycles. The summed E-state index contributed by atoms with van der Waals surface area (Å²) in [6.45, 7) is 0. The van der Waals surface area contributed by atoms with Crippen molar-refractivity contribution in [1.82, 2.24) is 0 Å². The minimum absolute atomic E-state index is 0. The molecule has 0 bridgehead atoms. The molecule has 0 atom stereocenters. The van der Waals surface area contributed by atoms with E-state index in [9.17, 15) is 0 Å². The van der Waals surface area contributed by atoms with Crippen LogP contribution in [0, 0.1) is 24.7 Å². The molecule has 6 aromatic carbocycles. The standard InChI is InChI=1S/C27H18.2C3H2O2.Ti/c1-3-11-22-20(7-1)16-26-18(9-5-13-24(22)26)15-19-10-6-14-25-23-12-4-2-8-21(23)17-27(19)25;2*1-2-3(4)5;/h1-14,16-17H,15H2;2*1H,(H,4,5);/q-2;;;+2. The van der Waals surface area contributed by atoms with Crippen LogP contribution >= 0.6 is 0 Å². The molecule has 0 heterocycles. The smallest absolute Gasteiger partial charge is 0.472 e. The Labute approximate surface area is 235 Å². The van der Waals surface area contributed by atoms with E-state index in [0.717, 1.165) is 6.42 Å². The van der Waals surface area contributed by atoms with Crippen molar-refractivity contribution in [2.45, 2.75) is 6.42 Å². The van der Waals surface area contributed by atoms with Gasteiger partial charge in [-0.05, 0) is 0 Å². The predicted molar refractivity (Wildman–Crippen MR) is 150 cm³/mol. The zero-order valence-corrected chi connectivity index (χ0v) is 21.9. The van der Waals surface area contributed by atoms with Gasteiger partial charge in [0, 0.05) is 11.8 Å². The molecule has 0 aliphatic rings. The van der Waals surface area contributed by atoms with Crippen molar-refractivity contribution in [1.29, 1.82) is 0 Å². The average molecular weight is 530 g/mol. The van der Waals surface area contributed by atoms with Gasteiger partial charge in [-0.15, -0.1) is 91.3 Å².